The third-order valence-corrected chi connectivity index (χ3v) is 3.94. The van der Waals surface area contributed by atoms with Gasteiger partial charge in [-0.05, 0) is 36.6 Å². The van der Waals surface area contributed by atoms with Gasteiger partial charge in [-0.3, -0.25) is 4.79 Å². The van der Waals surface area contributed by atoms with Crippen molar-refractivity contribution < 1.29 is 4.79 Å². The summed E-state index contributed by atoms with van der Waals surface area (Å²) in [7, 11) is 0. The Morgan fingerprint density at radius 2 is 2.41 bits per heavy atom. The number of likely N-dealkylation sites (tertiary alicyclic amines) is 1. The molecule has 0 bridgehead atoms. The summed E-state index contributed by atoms with van der Waals surface area (Å²) in [5.74, 6) is 1.04. The Kier molecular flexibility index (Phi) is 4.42. The van der Waals surface area contributed by atoms with E-state index in [9.17, 15) is 4.79 Å². The lowest BCUT2D eigenvalue weighted by molar-refractivity contribution is -0.121. The van der Waals surface area contributed by atoms with Crippen molar-refractivity contribution in [2.24, 2.45) is 0 Å². The average molecular weight is 250 g/mol. The van der Waals surface area contributed by atoms with Crippen LogP contribution in [0.4, 0.5) is 0 Å². The number of amides is 1. The van der Waals surface area contributed by atoms with E-state index in [1.54, 1.807) is 11.8 Å². The van der Waals surface area contributed by atoms with Crippen LogP contribution >= 0.6 is 11.8 Å². The van der Waals surface area contributed by atoms with Crippen LogP contribution in [0.15, 0.2) is 23.4 Å². The first-order valence-corrected chi connectivity index (χ1v) is 7.13. The molecule has 1 unspecified atom stereocenters. The van der Waals surface area contributed by atoms with Crippen LogP contribution in [0.5, 0.6) is 0 Å². The second-order valence-corrected chi connectivity index (χ2v) is 5.50. The van der Waals surface area contributed by atoms with Crippen molar-refractivity contribution in [3.63, 3.8) is 0 Å². The summed E-state index contributed by atoms with van der Waals surface area (Å²) in [6.07, 6.45) is 6.26. The number of hydrogen-bond donors (Lipinski definition) is 0. The molecule has 1 aromatic heterocycles. The van der Waals surface area contributed by atoms with Crippen molar-refractivity contribution in [3.8, 4) is 0 Å². The van der Waals surface area contributed by atoms with Crippen LogP contribution < -0.4 is 0 Å². The fourth-order valence-electron chi connectivity index (χ4n) is 2.26. The molecule has 1 aliphatic rings. The summed E-state index contributed by atoms with van der Waals surface area (Å²) < 4.78 is 0. The lowest BCUT2D eigenvalue weighted by Gasteiger charge is -2.32. The Hall–Kier alpha value is -1.03. The fraction of sp³-hybridized carbons (Fsp3) is 0.538. The molecule has 0 spiro atoms. The largest absolute Gasteiger partial charge is 0.338 e. The van der Waals surface area contributed by atoms with Crippen molar-refractivity contribution in [2.75, 3.05) is 12.3 Å². The number of thioether (sulfide) groups is 1. The zero-order valence-electron chi connectivity index (χ0n) is 10.1. The van der Waals surface area contributed by atoms with E-state index < -0.39 is 0 Å². The summed E-state index contributed by atoms with van der Waals surface area (Å²) in [5.41, 5.74) is 1.16. The van der Waals surface area contributed by atoms with Gasteiger partial charge in [0, 0.05) is 12.7 Å². The summed E-state index contributed by atoms with van der Waals surface area (Å²) >= 11 is 1.74. The Labute approximate surface area is 107 Å². The molecule has 2 rings (SSSR count). The van der Waals surface area contributed by atoms with Crippen molar-refractivity contribution in [1.82, 2.24) is 9.88 Å². The van der Waals surface area contributed by atoms with Gasteiger partial charge in [-0.2, -0.15) is 0 Å². The van der Waals surface area contributed by atoms with E-state index in [0.29, 0.717) is 0 Å². The maximum Gasteiger partial charge on any atom is 0.210 e. The molecule has 0 N–H and O–H groups in total. The van der Waals surface area contributed by atoms with Gasteiger partial charge in [0.2, 0.25) is 6.41 Å². The first-order chi connectivity index (χ1) is 8.35. The van der Waals surface area contributed by atoms with Crippen molar-refractivity contribution in [2.45, 2.75) is 37.3 Å². The first-order valence-electron chi connectivity index (χ1n) is 6.15. The maximum atomic E-state index is 11.0. The number of carbonyl (C=O) groups is 1. The van der Waals surface area contributed by atoms with Crippen LogP contribution in [-0.4, -0.2) is 28.6 Å². The molecule has 2 heterocycles. The van der Waals surface area contributed by atoms with Gasteiger partial charge in [0.05, 0.1) is 11.1 Å². The Morgan fingerprint density at radius 1 is 1.53 bits per heavy atom. The number of rotatable bonds is 4. The second kappa shape index (κ2) is 6.05. The Bertz CT molecular complexity index is 366. The van der Waals surface area contributed by atoms with Crippen LogP contribution in [0.1, 0.15) is 37.8 Å². The number of carbonyl (C=O) groups excluding carboxylic acids is 1. The highest BCUT2D eigenvalue weighted by Gasteiger charge is 2.22. The first kappa shape index (κ1) is 12.4. The van der Waals surface area contributed by atoms with E-state index in [-0.39, 0.29) is 6.04 Å². The number of nitrogens with zero attached hydrogens (tertiary/aromatic N) is 2. The van der Waals surface area contributed by atoms with Gasteiger partial charge < -0.3 is 4.90 Å². The predicted octanol–water partition coefficient (Wildman–Crippen LogP) is 2.88. The molecule has 1 saturated heterocycles. The zero-order chi connectivity index (χ0) is 12.1. The highest BCUT2D eigenvalue weighted by atomic mass is 32.2. The van der Waals surface area contributed by atoms with E-state index in [0.717, 1.165) is 42.1 Å². The van der Waals surface area contributed by atoms with Crippen molar-refractivity contribution in [1.29, 1.82) is 0 Å². The molecule has 0 radical (unpaired) electrons. The van der Waals surface area contributed by atoms with Crippen LogP contribution in [0, 0.1) is 0 Å². The van der Waals surface area contributed by atoms with Crippen molar-refractivity contribution >= 4 is 18.2 Å². The summed E-state index contributed by atoms with van der Waals surface area (Å²) in [4.78, 5) is 17.3. The van der Waals surface area contributed by atoms with Gasteiger partial charge in [0.1, 0.15) is 0 Å². The van der Waals surface area contributed by atoms with Gasteiger partial charge in [-0.1, -0.05) is 13.0 Å². The molecular formula is C13H18N2OS. The molecule has 0 aliphatic carbocycles. The lowest BCUT2D eigenvalue weighted by Crippen LogP contribution is -2.32. The monoisotopic (exact) mass is 250 g/mol. The summed E-state index contributed by atoms with van der Waals surface area (Å²) in [6, 6.07) is 4.40. The average Bonchev–Trinajstić information content (AvgIpc) is 2.40. The number of pyridine rings is 1. The lowest BCUT2D eigenvalue weighted by atomic mass is 9.97. The molecule has 1 fully saturated rings. The van der Waals surface area contributed by atoms with Gasteiger partial charge in [-0.25, -0.2) is 4.98 Å². The molecule has 1 amide bonds. The zero-order valence-corrected chi connectivity index (χ0v) is 10.9. The third-order valence-electron chi connectivity index (χ3n) is 3.12. The summed E-state index contributed by atoms with van der Waals surface area (Å²) in [6.45, 7) is 3.00. The standard InChI is InChI=1S/C13H18N2OS/c1-2-17-13-7-6-11(9-14-13)12-5-3-4-8-15(12)10-16/h6-7,9-10,12H,2-5,8H2,1H3. The van der Waals surface area contributed by atoms with Gasteiger partial charge in [-0.15, -0.1) is 11.8 Å². The minimum absolute atomic E-state index is 0.231. The fourth-order valence-corrected chi connectivity index (χ4v) is 2.85. The van der Waals surface area contributed by atoms with Crippen LogP contribution in [0.25, 0.3) is 0 Å². The van der Waals surface area contributed by atoms with E-state index >= 15 is 0 Å². The molecule has 17 heavy (non-hydrogen) atoms. The Morgan fingerprint density at radius 3 is 3.06 bits per heavy atom. The topological polar surface area (TPSA) is 33.2 Å². The number of hydrogen-bond acceptors (Lipinski definition) is 3. The predicted molar refractivity (Wildman–Crippen MR) is 70.0 cm³/mol. The molecule has 0 saturated carbocycles. The molecule has 1 aromatic rings. The highest BCUT2D eigenvalue weighted by Crippen LogP contribution is 2.29. The molecule has 1 atom stereocenters. The van der Waals surface area contributed by atoms with E-state index in [4.69, 9.17) is 0 Å². The number of aromatic nitrogens is 1. The molecule has 3 nitrogen and oxygen atoms in total. The summed E-state index contributed by atoms with van der Waals surface area (Å²) in [5, 5.41) is 1.06. The van der Waals surface area contributed by atoms with E-state index in [1.165, 1.54) is 6.42 Å². The van der Waals surface area contributed by atoms with Crippen LogP contribution in [0.2, 0.25) is 0 Å². The van der Waals surface area contributed by atoms with Gasteiger partial charge >= 0.3 is 0 Å². The normalized spacial score (nSPS) is 20.3. The minimum atomic E-state index is 0.231. The van der Waals surface area contributed by atoms with E-state index in [2.05, 4.69) is 24.0 Å². The quantitative estimate of drug-likeness (QED) is 0.608. The van der Waals surface area contributed by atoms with E-state index in [1.807, 2.05) is 11.1 Å². The third kappa shape index (κ3) is 3.00. The SMILES string of the molecule is CCSc1ccc(C2CCCCN2C=O)cn1. The minimum Gasteiger partial charge on any atom is -0.338 e. The molecule has 0 aromatic carbocycles. The van der Waals surface area contributed by atoms with Crippen LogP contribution in [0.3, 0.4) is 0 Å². The van der Waals surface area contributed by atoms with Crippen molar-refractivity contribution in [3.05, 3.63) is 23.9 Å². The van der Waals surface area contributed by atoms with Gasteiger partial charge in [0.25, 0.3) is 0 Å². The second-order valence-electron chi connectivity index (χ2n) is 4.22. The molecule has 1 aliphatic heterocycles. The smallest absolute Gasteiger partial charge is 0.210 e. The Balaban J connectivity index is 2.11. The van der Waals surface area contributed by atoms with Gasteiger partial charge in [0.15, 0.2) is 0 Å². The molecule has 4 heteroatoms. The maximum absolute atomic E-state index is 11.0. The number of piperidine rings is 1. The molecular weight excluding hydrogens is 232 g/mol. The molecule has 92 valence electrons. The van der Waals surface area contributed by atoms with Crippen LogP contribution in [-0.2, 0) is 4.79 Å². The highest BCUT2D eigenvalue weighted by molar-refractivity contribution is 7.99.